The van der Waals surface area contributed by atoms with Crippen LogP contribution in [0.15, 0.2) is 58.3 Å². The van der Waals surface area contributed by atoms with Crippen molar-refractivity contribution in [2.24, 2.45) is 0 Å². The molecular weight excluding hydrogens is 282 g/mol. The Morgan fingerprint density at radius 2 is 1.76 bits per heavy atom. The molecule has 0 unspecified atom stereocenters. The Morgan fingerprint density at radius 3 is 2.48 bits per heavy atom. The van der Waals surface area contributed by atoms with Crippen LogP contribution in [0.2, 0.25) is 0 Å². The third-order valence-corrected chi connectivity index (χ3v) is 4.10. The largest absolute Gasteiger partial charge is 0.496 e. The van der Waals surface area contributed by atoms with Crippen LogP contribution < -0.4 is 10.1 Å². The van der Waals surface area contributed by atoms with Crippen molar-refractivity contribution in [1.29, 1.82) is 0 Å². The highest BCUT2D eigenvalue weighted by atomic mass is 32.2. The number of hydrogen-bond acceptors (Lipinski definition) is 4. The summed E-state index contributed by atoms with van der Waals surface area (Å²) in [5.41, 5.74) is 1.27. The van der Waals surface area contributed by atoms with Gasteiger partial charge in [0.15, 0.2) is 0 Å². The summed E-state index contributed by atoms with van der Waals surface area (Å²) in [5, 5.41) is 3.34. The Hall–Kier alpha value is -1.49. The van der Waals surface area contributed by atoms with Gasteiger partial charge in [0.25, 0.3) is 0 Å². The molecule has 3 nitrogen and oxygen atoms in total. The van der Waals surface area contributed by atoms with E-state index in [1.165, 1.54) is 10.5 Å². The average molecular weight is 303 g/mol. The number of rotatable bonds is 8. The van der Waals surface area contributed by atoms with E-state index in [0.29, 0.717) is 0 Å². The van der Waals surface area contributed by atoms with E-state index in [0.717, 1.165) is 30.3 Å². The summed E-state index contributed by atoms with van der Waals surface area (Å²) >= 11 is 1.71. The molecule has 0 bridgehead atoms. The van der Waals surface area contributed by atoms with Crippen molar-refractivity contribution in [3.63, 3.8) is 0 Å². The maximum atomic E-state index is 5.37. The Balaban J connectivity index is 1.93. The zero-order chi connectivity index (χ0) is 14.9. The van der Waals surface area contributed by atoms with Crippen LogP contribution in [-0.2, 0) is 11.3 Å². The molecule has 2 rings (SSSR count). The van der Waals surface area contributed by atoms with Gasteiger partial charge in [-0.25, -0.2) is 0 Å². The molecule has 2 aromatic rings. The summed E-state index contributed by atoms with van der Waals surface area (Å²) in [6, 6.07) is 16.7. The molecule has 0 saturated heterocycles. The van der Waals surface area contributed by atoms with Crippen LogP contribution in [0.25, 0.3) is 0 Å². The first-order valence-electron chi connectivity index (χ1n) is 6.93. The first-order valence-corrected chi connectivity index (χ1v) is 7.74. The fraction of sp³-hybridized carbons (Fsp3) is 0.294. The van der Waals surface area contributed by atoms with Gasteiger partial charge < -0.3 is 14.8 Å². The molecule has 112 valence electrons. The molecule has 0 aliphatic carbocycles. The second kappa shape index (κ2) is 8.72. The third kappa shape index (κ3) is 5.08. The Kier molecular flexibility index (Phi) is 6.60. The molecule has 4 heteroatoms. The minimum absolute atomic E-state index is 0.738. The highest BCUT2D eigenvalue weighted by Gasteiger charge is 2.04. The first kappa shape index (κ1) is 15.9. The SMILES string of the molecule is COCCNCc1ccc(Sc2ccccc2OC)cc1. The van der Waals surface area contributed by atoms with Crippen LogP contribution in [0.4, 0.5) is 0 Å². The van der Waals surface area contributed by atoms with E-state index in [1.54, 1.807) is 26.0 Å². The molecule has 0 aromatic heterocycles. The summed E-state index contributed by atoms with van der Waals surface area (Å²) in [7, 11) is 3.42. The van der Waals surface area contributed by atoms with Gasteiger partial charge in [0.05, 0.1) is 18.6 Å². The fourth-order valence-electron chi connectivity index (χ4n) is 1.91. The monoisotopic (exact) mass is 303 g/mol. The molecule has 21 heavy (non-hydrogen) atoms. The standard InChI is InChI=1S/C17H21NO2S/c1-19-12-11-18-13-14-7-9-15(10-8-14)21-17-6-4-3-5-16(17)20-2/h3-10,18H,11-13H2,1-2H3. The Morgan fingerprint density at radius 1 is 1.00 bits per heavy atom. The minimum Gasteiger partial charge on any atom is -0.496 e. The van der Waals surface area contributed by atoms with Crippen LogP contribution in [0.5, 0.6) is 5.75 Å². The van der Waals surface area contributed by atoms with Crippen molar-refractivity contribution in [1.82, 2.24) is 5.32 Å². The minimum atomic E-state index is 0.738. The zero-order valence-corrected chi connectivity index (χ0v) is 13.3. The number of benzene rings is 2. The van der Waals surface area contributed by atoms with Gasteiger partial charge in [0, 0.05) is 25.1 Å². The second-order valence-corrected chi connectivity index (χ2v) is 5.68. The van der Waals surface area contributed by atoms with E-state index in [1.807, 2.05) is 18.2 Å². The van der Waals surface area contributed by atoms with Gasteiger partial charge in [-0.05, 0) is 29.8 Å². The summed E-state index contributed by atoms with van der Waals surface area (Å²) in [5.74, 6) is 0.910. The highest BCUT2D eigenvalue weighted by Crippen LogP contribution is 2.34. The Bertz CT molecular complexity index is 543. The van der Waals surface area contributed by atoms with Crippen LogP contribution >= 0.6 is 11.8 Å². The number of ether oxygens (including phenoxy) is 2. The normalized spacial score (nSPS) is 10.6. The predicted octanol–water partition coefficient (Wildman–Crippen LogP) is 3.58. The maximum Gasteiger partial charge on any atom is 0.132 e. The lowest BCUT2D eigenvalue weighted by molar-refractivity contribution is 0.199. The molecule has 0 radical (unpaired) electrons. The lowest BCUT2D eigenvalue weighted by atomic mass is 10.2. The van der Waals surface area contributed by atoms with Crippen molar-refractivity contribution in [3.05, 3.63) is 54.1 Å². The van der Waals surface area contributed by atoms with Crippen molar-refractivity contribution >= 4 is 11.8 Å². The van der Waals surface area contributed by atoms with Crippen LogP contribution in [0.1, 0.15) is 5.56 Å². The molecule has 0 aliphatic rings. The molecule has 0 aliphatic heterocycles. The molecule has 0 fully saturated rings. The quantitative estimate of drug-likeness (QED) is 0.755. The maximum absolute atomic E-state index is 5.37. The lowest BCUT2D eigenvalue weighted by Gasteiger charge is -2.08. The molecule has 1 N–H and O–H groups in total. The number of hydrogen-bond donors (Lipinski definition) is 1. The number of nitrogens with one attached hydrogen (secondary N) is 1. The van der Waals surface area contributed by atoms with Gasteiger partial charge in [-0.2, -0.15) is 0 Å². The van der Waals surface area contributed by atoms with Crippen molar-refractivity contribution in [2.75, 3.05) is 27.4 Å². The van der Waals surface area contributed by atoms with Crippen LogP contribution in [-0.4, -0.2) is 27.4 Å². The van der Waals surface area contributed by atoms with E-state index in [9.17, 15) is 0 Å². The average Bonchev–Trinajstić information content (AvgIpc) is 2.54. The van der Waals surface area contributed by atoms with Gasteiger partial charge >= 0.3 is 0 Å². The van der Waals surface area contributed by atoms with Gasteiger partial charge in [-0.3, -0.25) is 0 Å². The molecule has 0 atom stereocenters. The zero-order valence-electron chi connectivity index (χ0n) is 12.5. The van der Waals surface area contributed by atoms with Crippen molar-refractivity contribution < 1.29 is 9.47 Å². The van der Waals surface area contributed by atoms with Gasteiger partial charge in [-0.15, -0.1) is 0 Å². The van der Waals surface area contributed by atoms with E-state index in [4.69, 9.17) is 9.47 Å². The molecule has 0 saturated carbocycles. The molecular formula is C17H21NO2S. The number of methoxy groups -OCH3 is 2. The Labute approximate surface area is 130 Å². The molecule has 2 aromatic carbocycles. The van der Waals surface area contributed by atoms with Gasteiger partial charge in [-0.1, -0.05) is 36.0 Å². The van der Waals surface area contributed by atoms with E-state index in [2.05, 4.69) is 35.6 Å². The summed E-state index contributed by atoms with van der Waals surface area (Å²) in [4.78, 5) is 2.34. The van der Waals surface area contributed by atoms with Crippen LogP contribution in [0.3, 0.4) is 0 Å². The molecule has 0 spiro atoms. The van der Waals surface area contributed by atoms with Crippen molar-refractivity contribution in [3.8, 4) is 5.75 Å². The summed E-state index contributed by atoms with van der Waals surface area (Å²) < 4.78 is 10.4. The predicted molar refractivity (Wildman–Crippen MR) is 87.1 cm³/mol. The van der Waals surface area contributed by atoms with E-state index >= 15 is 0 Å². The van der Waals surface area contributed by atoms with E-state index < -0.39 is 0 Å². The van der Waals surface area contributed by atoms with Gasteiger partial charge in [0.1, 0.15) is 5.75 Å². The third-order valence-electron chi connectivity index (χ3n) is 3.03. The first-order chi connectivity index (χ1) is 10.3. The summed E-state index contributed by atoms with van der Waals surface area (Å²) in [6.07, 6.45) is 0. The molecule has 0 amide bonds. The fourth-order valence-corrected chi connectivity index (χ4v) is 2.84. The number of para-hydroxylation sites is 1. The smallest absolute Gasteiger partial charge is 0.132 e. The topological polar surface area (TPSA) is 30.5 Å². The van der Waals surface area contributed by atoms with Crippen molar-refractivity contribution in [2.45, 2.75) is 16.3 Å². The summed E-state index contributed by atoms with van der Waals surface area (Å²) in [6.45, 7) is 2.47. The lowest BCUT2D eigenvalue weighted by Crippen LogP contribution is -2.18. The second-order valence-electron chi connectivity index (χ2n) is 4.57. The van der Waals surface area contributed by atoms with E-state index in [-0.39, 0.29) is 0 Å². The van der Waals surface area contributed by atoms with Crippen LogP contribution in [0, 0.1) is 0 Å². The molecule has 0 heterocycles. The highest BCUT2D eigenvalue weighted by molar-refractivity contribution is 7.99. The van der Waals surface area contributed by atoms with Gasteiger partial charge in [0.2, 0.25) is 0 Å².